The van der Waals surface area contributed by atoms with Crippen molar-refractivity contribution in [2.24, 2.45) is 5.92 Å². The van der Waals surface area contributed by atoms with Crippen molar-refractivity contribution in [1.82, 2.24) is 4.98 Å². The van der Waals surface area contributed by atoms with Crippen LogP contribution >= 0.6 is 0 Å². The Bertz CT molecular complexity index is 1140. The van der Waals surface area contributed by atoms with Gasteiger partial charge in [0.05, 0.1) is 18.1 Å². The number of aromatic amines is 1. The van der Waals surface area contributed by atoms with E-state index in [1.807, 2.05) is 30.3 Å². The number of sulfone groups is 1. The summed E-state index contributed by atoms with van der Waals surface area (Å²) >= 11 is 0. The van der Waals surface area contributed by atoms with Gasteiger partial charge >= 0.3 is 0 Å². The zero-order valence-corrected chi connectivity index (χ0v) is 17.2. The summed E-state index contributed by atoms with van der Waals surface area (Å²) in [6.45, 7) is 0.443. The van der Waals surface area contributed by atoms with Crippen molar-refractivity contribution in [3.05, 3.63) is 60.7 Å². The Kier molecular flexibility index (Phi) is 5.67. The molecule has 0 unspecified atom stereocenters. The molecule has 0 atom stereocenters. The van der Waals surface area contributed by atoms with Crippen molar-refractivity contribution in [3.63, 3.8) is 0 Å². The Morgan fingerprint density at radius 2 is 1.90 bits per heavy atom. The van der Waals surface area contributed by atoms with Gasteiger partial charge in [-0.3, -0.25) is 5.73 Å². The van der Waals surface area contributed by atoms with Crippen molar-refractivity contribution >= 4 is 15.7 Å². The number of nitrogen functional groups attached to an aromatic ring is 1. The number of nitrogens with zero attached hydrogens (tertiary/aromatic N) is 1. The quantitative estimate of drug-likeness (QED) is 0.673. The lowest BCUT2D eigenvalue weighted by molar-refractivity contribution is -0.360. The molecule has 0 saturated carbocycles. The Morgan fingerprint density at radius 1 is 1.13 bits per heavy atom. The first kappa shape index (κ1) is 20.3. The Labute approximate surface area is 174 Å². The van der Waals surface area contributed by atoms with E-state index >= 15 is 0 Å². The number of aromatic nitrogens is 2. The molecule has 0 spiro atoms. The molecule has 3 aromatic rings. The first-order valence-corrected chi connectivity index (χ1v) is 11.6. The monoisotopic (exact) mass is 428 g/mol. The second-order valence-corrected chi connectivity index (χ2v) is 9.79. The van der Waals surface area contributed by atoms with Crippen molar-refractivity contribution in [3.8, 4) is 28.1 Å². The molecule has 0 amide bonds. The van der Waals surface area contributed by atoms with Crippen LogP contribution < -0.4 is 15.5 Å². The molecule has 3 N–H and O–H groups in total. The van der Waals surface area contributed by atoms with Gasteiger partial charge in [-0.05, 0) is 42.5 Å². The van der Waals surface area contributed by atoms with Crippen LogP contribution in [-0.4, -0.2) is 31.5 Å². The molecule has 30 heavy (non-hydrogen) atoms. The van der Waals surface area contributed by atoms with Crippen molar-refractivity contribution in [2.75, 3.05) is 23.8 Å². The molecular formula is C22H23FN3O3S+. The summed E-state index contributed by atoms with van der Waals surface area (Å²) in [4.78, 5) is 6.98. The van der Waals surface area contributed by atoms with Crippen LogP contribution in [0.4, 0.5) is 10.2 Å². The standard InChI is InChI=1S/C22H22FN3O3S/c23-19-11-16(5-6-18(19)20-12-26-22(24)13-25-20)17-3-1-2-4-21(17)29-14-15-7-9-30(27,28)10-8-15/h1-6,11-13,15H,7-10,14H2,(H2,24,26)/p+1. The van der Waals surface area contributed by atoms with Gasteiger partial charge in [0.15, 0.2) is 0 Å². The van der Waals surface area contributed by atoms with E-state index in [0.717, 1.165) is 5.56 Å². The lowest BCUT2D eigenvalue weighted by Gasteiger charge is -2.22. The molecule has 2 aromatic carbocycles. The zero-order valence-electron chi connectivity index (χ0n) is 16.3. The molecule has 1 saturated heterocycles. The largest absolute Gasteiger partial charge is 0.493 e. The fourth-order valence-electron chi connectivity index (χ4n) is 3.55. The highest BCUT2D eigenvalue weighted by atomic mass is 32.2. The van der Waals surface area contributed by atoms with Gasteiger partial charge in [0.2, 0.25) is 0 Å². The number of hydrogen-bond donors (Lipinski definition) is 1. The molecule has 1 aromatic heterocycles. The number of hydrogen-bond acceptors (Lipinski definition) is 5. The summed E-state index contributed by atoms with van der Waals surface area (Å²) in [5, 5.41) is 0. The van der Waals surface area contributed by atoms with E-state index in [9.17, 15) is 12.8 Å². The minimum Gasteiger partial charge on any atom is -0.493 e. The number of H-pyrrole nitrogens is 1. The molecule has 6 nitrogen and oxygen atoms in total. The summed E-state index contributed by atoms with van der Waals surface area (Å²) < 4.78 is 44.0. The van der Waals surface area contributed by atoms with Crippen molar-refractivity contribution < 1.29 is 22.5 Å². The predicted octanol–water partition coefficient (Wildman–Crippen LogP) is 3.15. The normalized spacial score (nSPS) is 16.3. The molecule has 1 aliphatic heterocycles. The molecule has 1 aliphatic rings. The Morgan fingerprint density at radius 3 is 2.60 bits per heavy atom. The van der Waals surface area contributed by atoms with Gasteiger partial charge in [-0.15, -0.1) is 0 Å². The van der Waals surface area contributed by atoms with Crippen molar-refractivity contribution in [2.45, 2.75) is 12.8 Å². The number of nitrogens with one attached hydrogen (secondary N) is 1. The fraction of sp³-hybridized carbons (Fsp3) is 0.273. The first-order valence-electron chi connectivity index (χ1n) is 9.77. The second-order valence-electron chi connectivity index (χ2n) is 7.48. The Balaban J connectivity index is 1.53. The van der Waals surface area contributed by atoms with Crippen LogP contribution in [0, 0.1) is 11.7 Å². The third kappa shape index (κ3) is 4.59. The number of ether oxygens (including phenoxy) is 1. The number of halogens is 1. The molecule has 156 valence electrons. The predicted molar refractivity (Wildman–Crippen MR) is 113 cm³/mol. The topological polar surface area (TPSA) is 96.4 Å². The van der Waals surface area contributed by atoms with Crippen LogP contribution in [-0.2, 0) is 9.84 Å². The van der Waals surface area contributed by atoms with E-state index in [1.165, 1.54) is 12.3 Å². The summed E-state index contributed by atoms with van der Waals surface area (Å²) in [6.07, 6.45) is 4.23. The average Bonchev–Trinajstić information content (AvgIpc) is 2.74. The van der Waals surface area contributed by atoms with Crippen molar-refractivity contribution in [1.29, 1.82) is 0 Å². The van der Waals surface area contributed by atoms with Gasteiger partial charge in [0.25, 0.3) is 5.82 Å². The third-order valence-electron chi connectivity index (χ3n) is 5.31. The maximum Gasteiger partial charge on any atom is 0.288 e. The average molecular weight is 429 g/mol. The number of rotatable bonds is 5. The van der Waals surface area contributed by atoms with Crippen LogP contribution in [0.1, 0.15) is 12.8 Å². The minimum atomic E-state index is -2.90. The first-order chi connectivity index (χ1) is 14.4. The lowest BCUT2D eigenvalue weighted by Crippen LogP contribution is -2.26. The van der Waals surface area contributed by atoms with Gasteiger partial charge in [0.1, 0.15) is 39.5 Å². The molecule has 8 heteroatoms. The van der Waals surface area contributed by atoms with Crippen LogP contribution in [0.5, 0.6) is 5.75 Å². The van der Waals surface area contributed by atoms with Gasteiger partial charge in [0, 0.05) is 11.1 Å². The SMILES string of the molecule is Nc1cnc(-c2ccc(-c3ccccc3OCC3CCS(=O)(=O)CC3)cc2F)c[nH+]1. The van der Waals surface area contributed by atoms with Gasteiger partial charge in [-0.1, -0.05) is 24.3 Å². The molecule has 2 heterocycles. The Hall–Kier alpha value is -3.00. The maximum absolute atomic E-state index is 14.8. The van der Waals surface area contributed by atoms with Crippen LogP contribution in [0.25, 0.3) is 22.4 Å². The van der Waals surface area contributed by atoms with Crippen LogP contribution in [0.15, 0.2) is 54.9 Å². The maximum atomic E-state index is 14.8. The summed E-state index contributed by atoms with van der Waals surface area (Å²) in [7, 11) is -2.90. The van der Waals surface area contributed by atoms with Crippen LogP contribution in [0.3, 0.4) is 0 Å². The van der Waals surface area contributed by atoms with Gasteiger partial charge in [-0.25, -0.2) is 22.8 Å². The highest BCUT2D eigenvalue weighted by Crippen LogP contribution is 2.33. The number of anilines is 1. The fourth-order valence-corrected chi connectivity index (χ4v) is 5.14. The third-order valence-corrected chi connectivity index (χ3v) is 7.03. The second kappa shape index (κ2) is 8.39. The molecule has 1 fully saturated rings. The highest BCUT2D eigenvalue weighted by Gasteiger charge is 2.24. The molecule has 0 bridgehead atoms. The van der Waals surface area contributed by atoms with E-state index in [2.05, 4.69) is 9.97 Å². The van der Waals surface area contributed by atoms with E-state index < -0.39 is 15.7 Å². The van der Waals surface area contributed by atoms with E-state index in [-0.39, 0.29) is 17.4 Å². The highest BCUT2D eigenvalue weighted by molar-refractivity contribution is 7.91. The van der Waals surface area contributed by atoms with Gasteiger partial charge in [-0.2, -0.15) is 0 Å². The summed E-state index contributed by atoms with van der Waals surface area (Å²) in [5.41, 5.74) is 7.91. The summed E-state index contributed by atoms with van der Waals surface area (Å²) in [5.74, 6) is 1.28. The number of nitrogens with two attached hydrogens (primary N) is 1. The molecular weight excluding hydrogens is 405 g/mol. The molecule has 4 rings (SSSR count). The number of para-hydroxylation sites is 1. The minimum absolute atomic E-state index is 0.202. The van der Waals surface area contributed by atoms with E-state index in [1.54, 1.807) is 12.3 Å². The molecule has 0 aliphatic carbocycles. The van der Waals surface area contributed by atoms with E-state index in [0.29, 0.717) is 47.8 Å². The van der Waals surface area contributed by atoms with E-state index in [4.69, 9.17) is 10.5 Å². The smallest absolute Gasteiger partial charge is 0.288 e. The van der Waals surface area contributed by atoms with Gasteiger partial charge < -0.3 is 4.74 Å². The summed E-state index contributed by atoms with van der Waals surface area (Å²) in [6, 6.07) is 12.4. The number of benzene rings is 2. The van der Waals surface area contributed by atoms with Crippen LogP contribution in [0.2, 0.25) is 0 Å². The molecule has 0 radical (unpaired) electrons. The lowest BCUT2D eigenvalue weighted by atomic mass is 10.0. The zero-order chi connectivity index (χ0) is 21.1.